The molecule has 2 N–H and O–H groups in total. The molecule has 0 radical (unpaired) electrons. The number of carbonyl (C=O) groups excluding carboxylic acids is 1. The maximum atomic E-state index is 12.4. The number of carbonyl (C=O) groups is 1. The number of amidine groups is 1. The number of aromatic nitrogens is 2. The van der Waals surface area contributed by atoms with Gasteiger partial charge in [-0.1, -0.05) is 18.2 Å². The lowest BCUT2D eigenvalue weighted by molar-refractivity contribution is -0.115. The summed E-state index contributed by atoms with van der Waals surface area (Å²) in [7, 11) is 0. The highest BCUT2D eigenvalue weighted by atomic mass is 32.2. The van der Waals surface area contributed by atoms with Gasteiger partial charge < -0.3 is 14.7 Å². The van der Waals surface area contributed by atoms with Crippen LogP contribution in [0.3, 0.4) is 0 Å². The van der Waals surface area contributed by atoms with Gasteiger partial charge in [0.2, 0.25) is 0 Å². The molecule has 6 nitrogen and oxygen atoms in total. The number of aryl methyl sites for hydroxylation is 2. The van der Waals surface area contributed by atoms with Crippen molar-refractivity contribution in [1.82, 2.24) is 15.3 Å². The van der Waals surface area contributed by atoms with E-state index in [2.05, 4.69) is 27.2 Å². The molecule has 0 atom stereocenters. The first kappa shape index (κ1) is 19.7. The summed E-state index contributed by atoms with van der Waals surface area (Å²) in [6, 6.07) is 17.5. The van der Waals surface area contributed by atoms with Crippen LogP contribution in [0.2, 0.25) is 0 Å². The van der Waals surface area contributed by atoms with Crippen LogP contribution in [0.4, 0.5) is 5.69 Å². The third kappa shape index (κ3) is 4.30. The number of furan rings is 1. The molecule has 1 saturated heterocycles. The Labute approximate surface area is 187 Å². The molecule has 0 aliphatic carbocycles. The molecule has 0 spiro atoms. The molecule has 1 fully saturated rings. The van der Waals surface area contributed by atoms with Crippen molar-refractivity contribution < 1.29 is 9.21 Å². The first-order chi connectivity index (χ1) is 15.0. The Hall–Kier alpha value is -3.23. The van der Waals surface area contributed by atoms with Crippen LogP contribution in [0.1, 0.15) is 16.9 Å². The van der Waals surface area contributed by atoms with Gasteiger partial charge in [-0.15, -0.1) is 0 Å². The number of nitrogens with zero attached hydrogens (tertiary/aromatic N) is 2. The van der Waals surface area contributed by atoms with Gasteiger partial charge in [-0.05, 0) is 84.9 Å². The molecule has 0 saturated carbocycles. The summed E-state index contributed by atoms with van der Waals surface area (Å²) in [5, 5.41) is 4.82. The van der Waals surface area contributed by atoms with Crippen LogP contribution in [0.5, 0.6) is 0 Å². The number of benzene rings is 2. The van der Waals surface area contributed by atoms with E-state index in [1.807, 2.05) is 61.5 Å². The van der Waals surface area contributed by atoms with Gasteiger partial charge in [-0.25, -0.2) is 9.98 Å². The minimum atomic E-state index is -0.185. The van der Waals surface area contributed by atoms with Crippen molar-refractivity contribution in [2.45, 2.75) is 24.1 Å². The van der Waals surface area contributed by atoms with Crippen molar-refractivity contribution in [2.24, 2.45) is 4.99 Å². The summed E-state index contributed by atoms with van der Waals surface area (Å²) in [4.78, 5) is 25.2. The molecule has 8 heteroatoms. The predicted octanol–water partition coefficient (Wildman–Crippen LogP) is 5.82. The van der Waals surface area contributed by atoms with Crippen LogP contribution in [0.25, 0.3) is 17.1 Å². The first-order valence-electron chi connectivity index (χ1n) is 9.63. The highest BCUT2D eigenvalue weighted by Gasteiger charge is 2.24. The Morgan fingerprint density at radius 1 is 1.10 bits per heavy atom. The van der Waals surface area contributed by atoms with Gasteiger partial charge in [0, 0.05) is 6.08 Å². The topological polar surface area (TPSA) is 83.3 Å². The molecule has 3 heterocycles. The van der Waals surface area contributed by atoms with Gasteiger partial charge >= 0.3 is 0 Å². The largest absolute Gasteiger partial charge is 0.450 e. The van der Waals surface area contributed by atoms with Crippen molar-refractivity contribution >= 4 is 57.4 Å². The van der Waals surface area contributed by atoms with E-state index in [9.17, 15) is 4.79 Å². The SMILES string of the molecule is Cc1ccc(N=C2NC(=O)C(=Cc3ccc(Sc4nc5ccccc5[nH]4)o3)S2)cc1C. The lowest BCUT2D eigenvalue weighted by Crippen LogP contribution is -2.19. The fourth-order valence-electron chi connectivity index (χ4n) is 3.06. The van der Waals surface area contributed by atoms with E-state index in [4.69, 9.17) is 4.42 Å². The van der Waals surface area contributed by atoms with E-state index < -0.39 is 0 Å². The lowest BCUT2D eigenvalue weighted by Gasteiger charge is -2.01. The minimum Gasteiger partial charge on any atom is -0.450 e. The molecular formula is C23H18N4O2S2. The maximum absolute atomic E-state index is 12.4. The zero-order valence-corrected chi connectivity index (χ0v) is 18.4. The Morgan fingerprint density at radius 2 is 1.97 bits per heavy atom. The first-order valence-corrected chi connectivity index (χ1v) is 11.3. The van der Waals surface area contributed by atoms with E-state index in [-0.39, 0.29) is 5.91 Å². The monoisotopic (exact) mass is 446 g/mol. The standard InChI is InChI=1S/C23H18N4O2S2/c1-13-7-8-15(11-14(13)2)24-22-27-21(28)19(30-22)12-16-9-10-20(29-16)31-23-25-17-5-3-4-6-18(17)26-23/h3-12H,1-2H3,(H,25,26)(H,24,27,28). The molecule has 1 aliphatic rings. The molecule has 154 valence electrons. The van der Waals surface area contributed by atoms with E-state index >= 15 is 0 Å². The zero-order chi connectivity index (χ0) is 21.4. The maximum Gasteiger partial charge on any atom is 0.264 e. The van der Waals surface area contributed by atoms with Crippen LogP contribution in [-0.4, -0.2) is 21.0 Å². The van der Waals surface area contributed by atoms with Crippen molar-refractivity contribution in [3.05, 3.63) is 76.4 Å². The van der Waals surface area contributed by atoms with E-state index in [0.29, 0.717) is 20.9 Å². The second kappa shape index (κ2) is 8.13. The number of nitrogens with one attached hydrogen (secondary N) is 2. The smallest absolute Gasteiger partial charge is 0.264 e. The summed E-state index contributed by atoms with van der Waals surface area (Å²) in [5.41, 5.74) is 5.08. The molecule has 4 aromatic rings. The number of aromatic amines is 1. The van der Waals surface area contributed by atoms with Crippen LogP contribution in [-0.2, 0) is 4.79 Å². The Kier molecular flexibility index (Phi) is 5.17. The van der Waals surface area contributed by atoms with Gasteiger partial charge in [0.1, 0.15) is 5.76 Å². The van der Waals surface area contributed by atoms with Crippen molar-refractivity contribution in [1.29, 1.82) is 0 Å². The third-order valence-corrected chi connectivity index (χ3v) is 6.53. The number of thioether (sulfide) groups is 1. The zero-order valence-electron chi connectivity index (χ0n) is 16.8. The molecule has 0 bridgehead atoms. The van der Waals surface area contributed by atoms with Gasteiger partial charge in [0.25, 0.3) is 5.91 Å². The summed E-state index contributed by atoms with van der Waals surface area (Å²) < 4.78 is 5.87. The van der Waals surface area contributed by atoms with Crippen LogP contribution in [0.15, 0.2) is 79.2 Å². The van der Waals surface area contributed by atoms with E-state index in [1.54, 1.807) is 6.08 Å². The van der Waals surface area contributed by atoms with Crippen molar-refractivity contribution in [3.63, 3.8) is 0 Å². The number of para-hydroxylation sites is 2. The summed E-state index contributed by atoms with van der Waals surface area (Å²) in [6.45, 7) is 4.10. The quantitative estimate of drug-likeness (QED) is 0.386. The van der Waals surface area contributed by atoms with Gasteiger partial charge in [-0.2, -0.15) is 0 Å². The Bertz CT molecular complexity index is 1330. The van der Waals surface area contributed by atoms with Crippen LogP contribution in [0, 0.1) is 13.8 Å². The molecule has 2 aromatic heterocycles. The Morgan fingerprint density at radius 3 is 2.81 bits per heavy atom. The molecule has 0 unspecified atom stereocenters. The highest BCUT2D eigenvalue weighted by Crippen LogP contribution is 2.32. The number of hydrogen-bond acceptors (Lipinski definition) is 6. The molecular weight excluding hydrogens is 428 g/mol. The molecule has 5 rings (SSSR count). The van der Waals surface area contributed by atoms with Gasteiger partial charge in [0.15, 0.2) is 15.4 Å². The minimum absolute atomic E-state index is 0.185. The normalized spacial score (nSPS) is 16.5. The van der Waals surface area contributed by atoms with E-state index in [1.165, 1.54) is 29.1 Å². The second-order valence-corrected chi connectivity index (χ2v) is 9.09. The number of aliphatic imine (C=N–C) groups is 1. The number of amides is 1. The fraction of sp³-hybridized carbons (Fsp3) is 0.0870. The molecule has 2 aromatic carbocycles. The lowest BCUT2D eigenvalue weighted by atomic mass is 10.1. The number of fused-ring (bicyclic) bond motifs is 1. The highest BCUT2D eigenvalue weighted by molar-refractivity contribution is 8.18. The average Bonchev–Trinajstić information content (AvgIpc) is 3.44. The molecule has 1 amide bonds. The number of rotatable bonds is 4. The van der Waals surface area contributed by atoms with Crippen molar-refractivity contribution in [3.8, 4) is 0 Å². The number of hydrogen-bond donors (Lipinski definition) is 2. The van der Waals surface area contributed by atoms with E-state index in [0.717, 1.165) is 27.4 Å². The molecule has 1 aliphatic heterocycles. The Balaban J connectivity index is 1.31. The number of H-pyrrole nitrogens is 1. The van der Waals surface area contributed by atoms with Gasteiger partial charge in [-0.3, -0.25) is 4.79 Å². The van der Waals surface area contributed by atoms with Crippen LogP contribution < -0.4 is 5.32 Å². The average molecular weight is 447 g/mol. The molecule has 31 heavy (non-hydrogen) atoms. The predicted molar refractivity (Wildman–Crippen MR) is 126 cm³/mol. The third-order valence-electron chi connectivity index (χ3n) is 4.81. The summed E-state index contributed by atoms with van der Waals surface area (Å²) >= 11 is 2.70. The summed E-state index contributed by atoms with van der Waals surface area (Å²) in [6.07, 6.45) is 1.73. The van der Waals surface area contributed by atoms with Gasteiger partial charge in [0.05, 0.1) is 21.6 Å². The van der Waals surface area contributed by atoms with Crippen LogP contribution >= 0.6 is 23.5 Å². The fourth-order valence-corrected chi connectivity index (χ4v) is 4.65. The number of imidazole rings is 1. The van der Waals surface area contributed by atoms with Crippen molar-refractivity contribution in [2.75, 3.05) is 0 Å². The second-order valence-electron chi connectivity index (χ2n) is 7.07. The summed E-state index contributed by atoms with van der Waals surface area (Å²) in [5.74, 6) is 0.416.